The molecule has 0 aliphatic heterocycles. The van der Waals surface area contributed by atoms with Crippen LogP contribution in [0, 0.1) is 0 Å². The molecule has 5 aromatic rings. The predicted molar refractivity (Wildman–Crippen MR) is 129 cm³/mol. The third-order valence-electron chi connectivity index (χ3n) is 5.64. The zero-order chi connectivity index (χ0) is 20.0. The van der Waals surface area contributed by atoms with E-state index < -0.39 is 0 Å². The van der Waals surface area contributed by atoms with Gasteiger partial charge in [-0.2, -0.15) is 0 Å². The Labute approximate surface area is 176 Å². The lowest BCUT2D eigenvalue weighted by molar-refractivity contribution is 0.591. The van der Waals surface area contributed by atoms with E-state index in [1.807, 2.05) is 11.3 Å². The Bertz CT molecular complexity index is 1320. The van der Waals surface area contributed by atoms with Crippen LogP contribution >= 0.6 is 11.3 Å². The maximum atomic E-state index is 2.40. The van der Waals surface area contributed by atoms with Gasteiger partial charge in [0.05, 0.1) is 0 Å². The average molecular weight is 393 g/mol. The van der Waals surface area contributed by atoms with Crippen molar-refractivity contribution >= 4 is 31.5 Å². The summed E-state index contributed by atoms with van der Waals surface area (Å²) in [6.07, 6.45) is 0. The molecule has 1 heteroatoms. The van der Waals surface area contributed by atoms with Crippen LogP contribution in [0.5, 0.6) is 0 Å². The molecule has 0 radical (unpaired) electrons. The minimum Gasteiger partial charge on any atom is -0.135 e. The SMILES string of the molecule is CC(C)(C)c1ccc2sc3cccc(-c4cccc(-c5ccccc5)c4)c3c2c1. The number of rotatable bonds is 2. The van der Waals surface area contributed by atoms with Gasteiger partial charge >= 0.3 is 0 Å². The van der Waals surface area contributed by atoms with Crippen LogP contribution in [-0.2, 0) is 5.41 Å². The van der Waals surface area contributed by atoms with Gasteiger partial charge in [-0.05, 0) is 57.5 Å². The molecule has 29 heavy (non-hydrogen) atoms. The summed E-state index contributed by atoms with van der Waals surface area (Å²) in [5.41, 5.74) is 6.64. The van der Waals surface area contributed by atoms with Crippen molar-refractivity contribution in [3.8, 4) is 22.3 Å². The summed E-state index contributed by atoms with van der Waals surface area (Å²) in [4.78, 5) is 0. The molecule has 0 nitrogen and oxygen atoms in total. The Kier molecular flexibility index (Phi) is 4.29. The van der Waals surface area contributed by atoms with E-state index in [0.717, 1.165) is 0 Å². The van der Waals surface area contributed by atoms with Crippen molar-refractivity contribution in [3.05, 3.63) is 96.6 Å². The largest absolute Gasteiger partial charge is 0.135 e. The Morgan fingerprint density at radius 2 is 1.31 bits per heavy atom. The first-order valence-corrected chi connectivity index (χ1v) is 10.9. The zero-order valence-electron chi connectivity index (χ0n) is 17.1. The Morgan fingerprint density at radius 1 is 0.586 bits per heavy atom. The molecule has 0 aliphatic rings. The van der Waals surface area contributed by atoms with Crippen LogP contribution in [0.25, 0.3) is 42.4 Å². The third-order valence-corrected chi connectivity index (χ3v) is 6.78. The van der Waals surface area contributed by atoms with Gasteiger partial charge in [-0.1, -0.05) is 87.5 Å². The Balaban J connectivity index is 1.75. The predicted octanol–water partition coefficient (Wildman–Crippen LogP) is 8.69. The van der Waals surface area contributed by atoms with Crippen molar-refractivity contribution in [2.24, 2.45) is 0 Å². The summed E-state index contributed by atoms with van der Waals surface area (Å²) in [5.74, 6) is 0. The maximum Gasteiger partial charge on any atom is 0.0361 e. The summed E-state index contributed by atoms with van der Waals surface area (Å²) in [5, 5.41) is 2.75. The Morgan fingerprint density at radius 3 is 2.10 bits per heavy atom. The summed E-state index contributed by atoms with van der Waals surface area (Å²) in [6, 6.07) is 33.2. The molecule has 1 aromatic heterocycles. The molecule has 4 aromatic carbocycles. The molecule has 0 unspecified atom stereocenters. The average Bonchev–Trinajstić information content (AvgIpc) is 3.12. The molecule has 0 saturated carbocycles. The van der Waals surface area contributed by atoms with E-state index in [1.165, 1.54) is 48.0 Å². The van der Waals surface area contributed by atoms with E-state index in [-0.39, 0.29) is 5.41 Å². The van der Waals surface area contributed by atoms with Gasteiger partial charge in [-0.3, -0.25) is 0 Å². The molecule has 0 atom stereocenters. The molecule has 0 fully saturated rings. The number of fused-ring (bicyclic) bond motifs is 3. The molecule has 0 amide bonds. The lowest BCUT2D eigenvalue weighted by Crippen LogP contribution is -2.10. The first-order valence-electron chi connectivity index (χ1n) is 10.1. The van der Waals surface area contributed by atoms with E-state index in [1.54, 1.807) is 0 Å². The van der Waals surface area contributed by atoms with Crippen molar-refractivity contribution in [2.45, 2.75) is 26.2 Å². The number of benzene rings is 4. The van der Waals surface area contributed by atoms with Crippen LogP contribution < -0.4 is 0 Å². The van der Waals surface area contributed by atoms with Gasteiger partial charge in [-0.25, -0.2) is 0 Å². The molecule has 0 saturated heterocycles. The van der Waals surface area contributed by atoms with Gasteiger partial charge in [0.1, 0.15) is 0 Å². The summed E-state index contributed by atoms with van der Waals surface area (Å²) in [6.45, 7) is 6.85. The smallest absolute Gasteiger partial charge is 0.0361 e. The van der Waals surface area contributed by atoms with Gasteiger partial charge < -0.3 is 0 Å². The monoisotopic (exact) mass is 392 g/mol. The van der Waals surface area contributed by atoms with Crippen LogP contribution in [0.1, 0.15) is 26.3 Å². The van der Waals surface area contributed by atoms with Crippen LogP contribution in [0.2, 0.25) is 0 Å². The quantitative estimate of drug-likeness (QED) is 0.282. The first-order chi connectivity index (χ1) is 14.0. The number of hydrogen-bond donors (Lipinski definition) is 0. The van der Waals surface area contributed by atoms with Gasteiger partial charge in [0.25, 0.3) is 0 Å². The van der Waals surface area contributed by atoms with Crippen LogP contribution in [0.3, 0.4) is 0 Å². The zero-order valence-corrected chi connectivity index (χ0v) is 17.9. The topological polar surface area (TPSA) is 0 Å². The second kappa shape index (κ2) is 6.86. The van der Waals surface area contributed by atoms with Gasteiger partial charge in [0, 0.05) is 20.2 Å². The number of thiophene rings is 1. The lowest BCUT2D eigenvalue weighted by atomic mass is 9.86. The molecule has 0 N–H and O–H groups in total. The molecule has 5 rings (SSSR count). The van der Waals surface area contributed by atoms with E-state index >= 15 is 0 Å². The van der Waals surface area contributed by atoms with Gasteiger partial charge in [0.15, 0.2) is 0 Å². The minimum absolute atomic E-state index is 0.143. The second-order valence-electron chi connectivity index (χ2n) is 8.69. The molecule has 1 heterocycles. The van der Waals surface area contributed by atoms with Gasteiger partial charge in [0.2, 0.25) is 0 Å². The summed E-state index contributed by atoms with van der Waals surface area (Å²) in [7, 11) is 0. The summed E-state index contributed by atoms with van der Waals surface area (Å²) >= 11 is 1.89. The highest BCUT2D eigenvalue weighted by molar-refractivity contribution is 7.25. The fourth-order valence-corrected chi connectivity index (χ4v) is 5.14. The first kappa shape index (κ1) is 18.1. The lowest BCUT2D eigenvalue weighted by Gasteiger charge is -2.19. The highest BCUT2D eigenvalue weighted by atomic mass is 32.1. The standard InChI is InChI=1S/C28H24S/c1-28(2,3)22-15-16-25-24(18-22)27-23(13-8-14-26(27)29-25)21-12-7-11-20(17-21)19-9-5-4-6-10-19/h4-18H,1-3H3. The maximum absolute atomic E-state index is 2.40. The van der Waals surface area contributed by atoms with Crippen molar-refractivity contribution in [3.63, 3.8) is 0 Å². The van der Waals surface area contributed by atoms with Crippen molar-refractivity contribution in [2.75, 3.05) is 0 Å². The van der Waals surface area contributed by atoms with Crippen LogP contribution in [-0.4, -0.2) is 0 Å². The Hall–Kier alpha value is -2.90. The summed E-state index contributed by atoms with van der Waals surface area (Å²) < 4.78 is 2.72. The highest BCUT2D eigenvalue weighted by Crippen LogP contribution is 2.42. The van der Waals surface area contributed by atoms with Crippen LogP contribution in [0.15, 0.2) is 91.0 Å². The number of hydrogen-bond acceptors (Lipinski definition) is 1. The highest BCUT2D eigenvalue weighted by Gasteiger charge is 2.17. The third kappa shape index (κ3) is 3.26. The molecule has 0 aliphatic carbocycles. The van der Waals surface area contributed by atoms with Crippen molar-refractivity contribution in [1.82, 2.24) is 0 Å². The minimum atomic E-state index is 0.143. The van der Waals surface area contributed by atoms with E-state index in [2.05, 4.69) is 112 Å². The fourth-order valence-electron chi connectivity index (χ4n) is 4.03. The molecular weight excluding hydrogens is 368 g/mol. The normalized spacial score (nSPS) is 12.0. The molecular formula is C28H24S. The van der Waals surface area contributed by atoms with E-state index in [0.29, 0.717) is 0 Å². The van der Waals surface area contributed by atoms with Crippen LogP contribution in [0.4, 0.5) is 0 Å². The van der Waals surface area contributed by atoms with Crippen molar-refractivity contribution in [1.29, 1.82) is 0 Å². The van der Waals surface area contributed by atoms with Gasteiger partial charge in [-0.15, -0.1) is 11.3 Å². The fraction of sp³-hybridized carbons (Fsp3) is 0.143. The van der Waals surface area contributed by atoms with E-state index in [4.69, 9.17) is 0 Å². The molecule has 0 bridgehead atoms. The second-order valence-corrected chi connectivity index (χ2v) is 9.77. The molecule has 0 spiro atoms. The van der Waals surface area contributed by atoms with E-state index in [9.17, 15) is 0 Å². The molecule has 142 valence electrons. The van der Waals surface area contributed by atoms with Crippen molar-refractivity contribution < 1.29 is 0 Å².